The molecule has 1 aliphatic rings. The van der Waals surface area contributed by atoms with E-state index in [0.29, 0.717) is 12.2 Å². The van der Waals surface area contributed by atoms with E-state index in [0.717, 1.165) is 12.0 Å². The van der Waals surface area contributed by atoms with Crippen LogP contribution in [-0.4, -0.2) is 21.6 Å². The summed E-state index contributed by atoms with van der Waals surface area (Å²) in [4.78, 5) is 23.5. The molecule has 0 saturated heterocycles. The second-order valence-electron chi connectivity index (χ2n) is 3.76. The Hall–Kier alpha value is -1.65. The molecule has 15 heavy (non-hydrogen) atoms. The summed E-state index contributed by atoms with van der Waals surface area (Å²) in [6.07, 6.45) is 2.96. The van der Waals surface area contributed by atoms with Gasteiger partial charge in [-0.05, 0) is 13.3 Å². The Bertz CT molecular complexity index is 422. The van der Waals surface area contributed by atoms with Gasteiger partial charge in [-0.3, -0.25) is 9.59 Å². The largest absolute Gasteiger partial charge is 0.310 e. The van der Waals surface area contributed by atoms with Crippen molar-refractivity contribution in [3.8, 4) is 0 Å². The third kappa shape index (κ3) is 1.44. The SMILES string of the molecule is CCCC1C(=O)Nc2c(C)cnn2C1=O. The highest BCUT2D eigenvalue weighted by Gasteiger charge is 2.34. The van der Waals surface area contributed by atoms with E-state index in [1.807, 2.05) is 13.8 Å². The molecule has 2 heterocycles. The highest BCUT2D eigenvalue weighted by atomic mass is 16.2. The van der Waals surface area contributed by atoms with Crippen molar-refractivity contribution in [3.05, 3.63) is 11.8 Å². The van der Waals surface area contributed by atoms with E-state index in [2.05, 4.69) is 10.4 Å². The minimum Gasteiger partial charge on any atom is -0.310 e. The highest BCUT2D eigenvalue weighted by Crippen LogP contribution is 2.23. The van der Waals surface area contributed by atoms with Crippen molar-refractivity contribution >= 4 is 17.6 Å². The number of aryl methyl sites for hydroxylation is 1. The molecular formula is C10H13N3O2. The number of nitrogens with zero attached hydrogens (tertiary/aromatic N) is 2. The van der Waals surface area contributed by atoms with Crippen molar-refractivity contribution in [2.24, 2.45) is 5.92 Å². The Morgan fingerprint density at radius 1 is 1.53 bits per heavy atom. The molecule has 1 atom stereocenters. The van der Waals surface area contributed by atoms with Crippen LogP contribution in [0.15, 0.2) is 6.20 Å². The van der Waals surface area contributed by atoms with Crippen LogP contribution in [0.4, 0.5) is 5.82 Å². The summed E-state index contributed by atoms with van der Waals surface area (Å²) in [5.41, 5.74) is 0.812. The number of hydrogen-bond acceptors (Lipinski definition) is 3. The molecule has 1 N–H and O–H groups in total. The first-order valence-corrected chi connectivity index (χ1v) is 5.05. The molecule has 1 aromatic heterocycles. The second-order valence-corrected chi connectivity index (χ2v) is 3.76. The molecule has 5 nitrogen and oxygen atoms in total. The topological polar surface area (TPSA) is 64.0 Å². The van der Waals surface area contributed by atoms with Gasteiger partial charge in [0.05, 0.1) is 6.20 Å². The number of amides is 1. The van der Waals surface area contributed by atoms with Gasteiger partial charge in [-0.15, -0.1) is 0 Å². The fourth-order valence-corrected chi connectivity index (χ4v) is 1.76. The molecule has 0 bridgehead atoms. The van der Waals surface area contributed by atoms with Crippen molar-refractivity contribution in [2.75, 3.05) is 5.32 Å². The summed E-state index contributed by atoms with van der Waals surface area (Å²) in [6, 6.07) is 0. The molecule has 0 aromatic carbocycles. The van der Waals surface area contributed by atoms with Crippen LogP contribution < -0.4 is 5.32 Å². The zero-order valence-electron chi connectivity index (χ0n) is 8.78. The third-order valence-corrected chi connectivity index (χ3v) is 2.59. The first kappa shape index (κ1) is 9.89. The van der Waals surface area contributed by atoms with E-state index in [9.17, 15) is 9.59 Å². The van der Waals surface area contributed by atoms with Gasteiger partial charge in [-0.1, -0.05) is 13.3 Å². The predicted molar refractivity (Wildman–Crippen MR) is 54.6 cm³/mol. The van der Waals surface area contributed by atoms with Gasteiger partial charge < -0.3 is 5.32 Å². The minimum absolute atomic E-state index is 0.210. The summed E-state index contributed by atoms with van der Waals surface area (Å²) < 4.78 is 1.29. The zero-order chi connectivity index (χ0) is 11.0. The Kier molecular flexibility index (Phi) is 2.30. The molecule has 5 heteroatoms. The molecule has 0 saturated carbocycles. The van der Waals surface area contributed by atoms with Crippen LogP contribution in [-0.2, 0) is 4.79 Å². The monoisotopic (exact) mass is 207 g/mol. The Labute approximate surface area is 87.5 Å². The quantitative estimate of drug-likeness (QED) is 0.741. The fourth-order valence-electron chi connectivity index (χ4n) is 1.76. The average Bonchev–Trinajstić information content (AvgIpc) is 2.55. The van der Waals surface area contributed by atoms with Gasteiger partial charge in [0.25, 0.3) is 5.91 Å². The lowest BCUT2D eigenvalue weighted by Gasteiger charge is -2.21. The van der Waals surface area contributed by atoms with Crippen LogP contribution in [0.25, 0.3) is 0 Å². The lowest BCUT2D eigenvalue weighted by Crippen LogP contribution is -2.39. The number of carbonyl (C=O) groups excluding carboxylic acids is 2. The van der Waals surface area contributed by atoms with E-state index >= 15 is 0 Å². The molecule has 0 spiro atoms. The molecule has 80 valence electrons. The van der Waals surface area contributed by atoms with Gasteiger partial charge in [0.2, 0.25) is 5.91 Å². The number of fused-ring (bicyclic) bond motifs is 1. The number of hydrogen-bond donors (Lipinski definition) is 1. The van der Waals surface area contributed by atoms with Crippen molar-refractivity contribution in [1.82, 2.24) is 9.78 Å². The van der Waals surface area contributed by atoms with Crippen LogP contribution in [0, 0.1) is 12.8 Å². The lowest BCUT2D eigenvalue weighted by molar-refractivity contribution is -0.119. The van der Waals surface area contributed by atoms with Gasteiger partial charge in [0.15, 0.2) is 0 Å². The van der Waals surface area contributed by atoms with Crippen LogP contribution in [0.5, 0.6) is 0 Å². The van der Waals surface area contributed by atoms with Crippen molar-refractivity contribution in [2.45, 2.75) is 26.7 Å². The van der Waals surface area contributed by atoms with Gasteiger partial charge in [0.1, 0.15) is 11.7 Å². The van der Waals surface area contributed by atoms with E-state index in [-0.39, 0.29) is 11.8 Å². The van der Waals surface area contributed by atoms with Gasteiger partial charge in [-0.25, -0.2) is 0 Å². The van der Waals surface area contributed by atoms with E-state index in [1.54, 1.807) is 6.20 Å². The van der Waals surface area contributed by atoms with Crippen LogP contribution >= 0.6 is 0 Å². The van der Waals surface area contributed by atoms with Gasteiger partial charge in [-0.2, -0.15) is 9.78 Å². The molecule has 0 radical (unpaired) electrons. The molecular weight excluding hydrogens is 194 g/mol. The maximum Gasteiger partial charge on any atom is 0.261 e. The predicted octanol–water partition coefficient (Wildman–Crippen LogP) is 1.20. The Morgan fingerprint density at radius 2 is 2.27 bits per heavy atom. The van der Waals surface area contributed by atoms with Crippen molar-refractivity contribution in [3.63, 3.8) is 0 Å². The van der Waals surface area contributed by atoms with Crippen LogP contribution in [0.1, 0.15) is 30.1 Å². The normalized spacial score (nSPS) is 20.0. The smallest absolute Gasteiger partial charge is 0.261 e. The third-order valence-electron chi connectivity index (χ3n) is 2.59. The minimum atomic E-state index is -0.582. The standard InChI is InChI=1S/C10H13N3O2/c1-3-4-7-9(14)12-8-6(2)5-11-13(8)10(7)15/h5,7H,3-4H2,1-2H3,(H,12,14). The number of rotatable bonds is 2. The van der Waals surface area contributed by atoms with Gasteiger partial charge in [0, 0.05) is 5.56 Å². The maximum atomic E-state index is 11.9. The van der Waals surface area contributed by atoms with E-state index in [1.165, 1.54) is 4.68 Å². The van der Waals surface area contributed by atoms with Gasteiger partial charge >= 0.3 is 0 Å². The molecule has 0 fully saturated rings. The summed E-state index contributed by atoms with van der Waals surface area (Å²) in [6.45, 7) is 3.76. The molecule has 2 rings (SSSR count). The first-order chi connectivity index (χ1) is 7.15. The summed E-state index contributed by atoms with van der Waals surface area (Å²) >= 11 is 0. The molecule has 1 aromatic rings. The Morgan fingerprint density at radius 3 is 2.93 bits per heavy atom. The number of anilines is 1. The first-order valence-electron chi connectivity index (χ1n) is 5.05. The summed E-state index contributed by atoms with van der Waals surface area (Å²) in [7, 11) is 0. The lowest BCUT2D eigenvalue weighted by atomic mass is 10.0. The second kappa shape index (κ2) is 3.49. The molecule has 0 aliphatic carbocycles. The maximum absolute atomic E-state index is 11.9. The Balaban J connectivity index is 2.39. The van der Waals surface area contributed by atoms with E-state index < -0.39 is 5.92 Å². The number of aromatic nitrogens is 2. The van der Waals surface area contributed by atoms with Crippen LogP contribution in [0.3, 0.4) is 0 Å². The summed E-state index contributed by atoms with van der Waals surface area (Å²) in [5, 5.41) is 6.67. The molecule has 1 unspecified atom stereocenters. The number of carbonyl (C=O) groups is 2. The van der Waals surface area contributed by atoms with Crippen LogP contribution in [0.2, 0.25) is 0 Å². The highest BCUT2D eigenvalue weighted by molar-refractivity contribution is 6.11. The zero-order valence-corrected chi connectivity index (χ0v) is 8.78. The summed E-state index contributed by atoms with van der Waals surface area (Å²) in [5.74, 6) is -0.499. The number of nitrogens with one attached hydrogen (secondary N) is 1. The van der Waals surface area contributed by atoms with E-state index in [4.69, 9.17) is 0 Å². The molecule has 1 amide bonds. The molecule has 1 aliphatic heterocycles. The van der Waals surface area contributed by atoms with Crippen molar-refractivity contribution < 1.29 is 9.59 Å². The fraction of sp³-hybridized carbons (Fsp3) is 0.500. The average molecular weight is 207 g/mol. The van der Waals surface area contributed by atoms with Crippen molar-refractivity contribution in [1.29, 1.82) is 0 Å².